The largest absolute Gasteiger partial charge is 0.496 e. The first-order chi connectivity index (χ1) is 11.0. The van der Waals surface area contributed by atoms with Crippen LogP contribution in [0.1, 0.15) is 18.1 Å². The molecule has 0 N–H and O–H groups in total. The molecule has 23 heavy (non-hydrogen) atoms. The molecule has 0 spiro atoms. The molecule has 0 bridgehead atoms. The Morgan fingerprint density at radius 3 is 2.74 bits per heavy atom. The number of imide groups is 1. The highest BCUT2D eigenvalue weighted by Gasteiger charge is 2.36. The minimum Gasteiger partial charge on any atom is -0.496 e. The molecule has 1 aliphatic heterocycles. The molecule has 0 aliphatic carbocycles. The average Bonchev–Trinajstić information content (AvgIpc) is 2.77. The van der Waals surface area contributed by atoms with Crippen LogP contribution >= 0.6 is 11.8 Å². The van der Waals surface area contributed by atoms with Crippen molar-refractivity contribution >= 4 is 35.0 Å². The summed E-state index contributed by atoms with van der Waals surface area (Å²) in [5, 5.41) is -0.478. The van der Waals surface area contributed by atoms with Gasteiger partial charge >= 0.3 is 5.97 Å². The van der Waals surface area contributed by atoms with Crippen molar-refractivity contribution in [1.82, 2.24) is 4.90 Å². The van der Waals surface area contributed by atoms with E-state index in [-0.39, 0.29) is 18.1 Å². The first kappa shape index (κ1) is 17.1. The smallest absolute Gasteiger partial charge is 0.326 e. The molecule has 0 aromatic heterocycles. The van der Waals surface area contributed by atoms with Crippen LogP contribution in [0.4, 0.5) is 4.79 Å². The molecule has 1 heterocycles. The van der Waals surface area contributed by atoms with Gasteiger partial charge in [-0.15, -0.1) is 0 Å². The van der Waals surface area contributed by atoms with Crippen LogP contribution in [0.25, 0.3) is 6.08 Å². The summed E-state index contributed by atoms with van der Waals surface area (Å²) in [5.74, 6) is -0.398. The third kappa shape index (κ3) is 3.92. The van der Waals surface area contributed by atoms with Gasteiger partial charge in [0.1, 0.15) is 12.3 Å². The molecular formula is C16H17NO5S. The van der Waals surface area contributed by atoms with E-state index in [0.29, 0.717) is 5.75 Å². The van der Waals surface area contributed by atoms with Crippen molar-refractivity contribution in [1.29, 1.82) is 0 Å². The van der Waals surface area contributed by atoms with Gasteiger partial charge in [0.05, 0.1) is 18.6 Å². The lowest BCUT2D eigenvalue weighted by atomic mass is 10.1. The Hall–Kier alpha value is -2.28. The van der Waals surface area contributed by atoms with Gasteiger partial charge in [-0.25, -0.2) is 0 Å². The molecule has 1 aliphatic rings. The molecule has 1 saturated heterocycles. The van der Waals surface area contributed by atoms with Gasteiger partial charge in [0.2, 0.25) is 0 Å². The predicted molar refractivity (Wildman–Crippen MR) is 87.0 cm³/mol. The van der Waals surface area contributed by atoms with Crippen molar-refractivity contribution in [3.8, 4) is 5.75 Å². The van der Waals surface area contributed by atoms with Gasteiger partial charge < -0.3 is 9.47 Å². The van der Waals surface area contributed by atoms with Gasteiger partial charge in [0, 0.05) is 0 Å². The predicted octanol–water partition coefficient (Wildman–Crippen LogP) is 2.60. The lowest BCUT2D eigenvalue weighted by Crippen LogP contribution is -2.34. The molecule has 122 valence electrons. The topological polar surface area (TPSA) is 72.9 Å². The second-order valence-electron chi connectivity index (χ2n) is 4.80. The van der Waals surface area contributed by atoms with E-state index in [2.05, 4.69) is 0 Å². The highest BCUT2D eigenvalue weighted by Crippen LogP contribution is 2.32. The monoisotopic (exact) mass is 335 g/mol. The standard InChI is InChI=1S/C16H17NO5S/c1-4-22-14(18)9-17-15(19)13(23-16(17)20)8-11-6-5-10(2)12(7-11)21-3/h5-8H,4,9H2,1-3H3/b13-8+. The van der Waals surface area contributed by atoms with Crippen LogP contribution < -0.4 is 4.74 Å². The van der Waals surface area contributed by atoms with E-state index in [1.54, 1.807) is 26.2 Å². The second-order valence-corrected chi connectivity index (χ2v) is 5.80. The summed E-state index contributed by atoms with van der Waals surface area (Å²) in [6.45, 7) is 3.41. The van der Waals surface area contributed by atoms with Crippen molar-refractivity contribution in [2.75, 3.05) is 20.3 Å². The van der Waals surface area contributed by atoms with Crippen LogP contribution in [-0.2, 0) is 14.3 Å². The summed E-state index contributed by atoms with van der Waals surface area (Å²) in [4.78, 5) is 36.8. The Labute approximate surface area is 138 Å². The van der Waals surface area contributed by atoms with Gasteiger partial charge in [0.25, 0.3) is 11.1 Å². The summed E-state index contributed by atoms with van der Waals surface area (Å²) < 4.78 is 10.0. The Morgan fingerprint density at radius 2 is 2.09 bits per heavy atom. The minimum atomic E-state index is -0.604. The molecule has 0 saturated carbocycles. The zero-order valence-corrected chi connectivity index (χ0v) is 13.9. The Kier molecular flexibility index (Phi) is 5.44. The maximum atomic E-state index is 12.3. The molecule has 0 unspecified atom stereocenters. The maximum Gasteiger partial charge on any atom is 0.326 e. The van der Waals surface area contributed by atoms with Crippen molar-refractivity contribution in [2.45, 2.75) is 13.8 Å². The zero-order valence-electron chi connectivity index (χ0n) is 13.1. The lowest BCUT2D eigenvalue weighted by molar-refractivity contribution is -0.145. The Bertz CT molecular complexity index is 683. The summed E-state index contributed by atoms with van der Waals surface area (Å²) in [5.41, 5.74) is 1.72. The number of esters is 1. The quantitative estimate of drug-likeness (QED) is 0.608. The third-order valence-corrected chi connectivity index (χ3v) is 4.10. The van der Waals surface area contributed by atoms with E-state index >= 15 is 0 Å². The molecule has 1 aromatic carbocycles. The van der Waals surface area contributed by atoms with E-state index < -0.39 is 17.1 Å². The SMILES string of the molecule is CCOC(=O)CN1C(=O)S/C(=C/c2ccc(C)c(OC)c2)C1=O. The summed E-state index contributed by atoms with van der Waals surface area (Å²) in [6, 6.07) is 5.49. The number of carbonyl (C=O) groups excluding carboxylic acids is 3. The van der Waals surface area contributed by atoms with E-state index in [9.17, 15) is 14.4 Å². The van der Waals surface area contributed by atoms with E-state index in [1.165, 1.54) is 0 Å². The molecule has 7 heteroatoms. The van der Waals surface area contributed by atoms with Gasteiger partial charge in [0.15, 0.2) is 0 Å². The van der Waals surface area contributed by atoms with Crippen LogP contribution in [0.3, 0.4) is 0 Å². The van der Waals surface area contributed by atoms with Crippen molar-refractivity contribution in [3.05, 3.63) is 34.2 Å². The van der Waals surface area contributed by atoms with Crippen molar-refractivity contribution < 1.29 is 23.9 Å². The van der Waals surface area contributed by atoms with Crippen LogP contribution in [0.15, 0.2) is 23.1 Å². The highest BCUT2D eigenvalue weighted by molar-refractivity contribution is 8.18. The fraction of sp³-hybridized carbons (Fsp3) is 0.312. The van der Waals surface area contributed by atoms with E-state index in [4.69, 9.17) is 9.47 Å². The molecule has 2 rings (SSSR count). The molecule has 2 amide bonds. The third-order valence-electron chi connectivity index (χ3n) is 3.20. The molecule has 1 aromatic rings. The Balaban J connectivity index is 2.20. The summed E-state index contributed by atoms with van der Waals surface area (Å²) >= 11 is 0.804. The number of carbonyl (C=O) groups is 3. The number of aryl methyl sites for hydroxylation is 1. The molecule has 0 atom stereocenters. The highest BCUT2D eigenvalue weighted by atomic mass is 32.2. The second kappa shape index (κ2) is 7.32. The molecular weight excluding hydrogens is 318 g/mol. The number of methoxy groups -OCH3 is 1. The van der Waals surface area contributed by atoms with Crippen LogP contribution in [0, 0.1) is 6.92 Å². The van der Waals surface area contributed by atoms with Crippen molar-refractivity contribution in [3.63, 3.8) is 0 Å². The number of hydrogen-bond donors (Lipinski definition) is 0. The van der Waals surface area contributed by atoms with Gasteiger partial charge in [-0.05, 0) is 48.9 Å². The molecule has 1 fully saturated rings. The number of nitrogens with zero attached hydrogens (tertiary/aromatic N) is 1. The van der Waals surface area contributed by atoms with Gasteiger partial charge in [-0.1, -0.05) is 12.1 Å². The van der Waals surface area contributed by atoms with Crippen LogP contribution in [-0.4, -0.2) is 42.3 Å². The van der Waals surface area contributed by atoms with E-state index in [0.717, 1.165) is 27.8 Å². The minimum absolute atomic E-state index is 0.202. The lowest BCUT2D eigenvalue weighted by Gasteiger charge is -2.10. The first-order valence-corrected chi connectivity index (χ1v) is 7.83. The van der Waals surface area contributed by atoms with E-state index in [1.807, 2.05) is 19.1 Å². The summed E-state index contributed by atoms with van der Waals surface area (Å²) in [7, 11) is 1.57. The number of ether oxygens (including phenoxy) is 2. The fourth-order valence-corrected chi connectivity index (χ4v) is 2.89. The first-order valence-electron chi connectivity index (χ1n) is 7.02. The normalized spacial score (nSPS) is 16.1. The van der Waals surface area contributed by atoms with Crippen LogP contribution in [0.2, 0.25) is 0 Å². The summed E-state index contributed by atoms with van der Waals surface area (Å²) in [6.07, 6.45) is 1.61. The average molecular weight is 335 g/mol. The number of rotatable bonds is 5. The zero-order chi connectivity index (χ0) is 17.0. The van der Waals surface area contributed by atoms with Gasteiger partial charge in [-0.2, -0.15) is 0 Å². The number of thioether (sulfide) groups is 1. The fourth-order valence-electron chi connectivity index (χ4n) is 2.05. The number of amides is 2. The Morgan fingerprint density at radius 1 is 1.35 bits per heavy atom. The molecule has 6 nitrogen and oxygen atoms in total. The van der Waals surface area contributed by atoms with Gasteiger partial charge in [-0.3, -0.25) is 19.3 Å². The molecule has 0 radical (unpaired) electrons. The number of hydrogen-bond acceptors (Lipinski definition) is 6. The van der Waals surface area contributed by atoms with Crippen LogP contribution in [0.5, 0.6) is 5.75 Å². The van der Waals surface area contributed by atoms with Crippen molar-refractivity contribution in [2.24, 2.45) is 0 Å². The number of benzene rings is 1. The maximum absolute atomic E-state index is 12.3.